The van der Waals surface area contributed by atoms with Crippen LogP contribution in [0.4, 0.5) is 5.82 Å². The van der Waals surface area contributed by atoms with Gasteiger partial charge in [-0.15, -0.1) is 0 Å². The zero-order valence-corrected chi connectivity index (χ0v) is 28.7. The van der Waals surface area contributed by atoms with Crippen molar-refractivity contribution in [1.29, 1.82) is 0 Å². The van der Waals surface area contributed by atoms with Gasteiger partial charge in [0.25, 0.3) is 0 Å². The van der Waals surface area contributed by atoms with E-state index in [-0.39, 0.29) is 62.3 Å². The van der Waals surface area contributed by atoms with Crippen molar-refractivity contribution in [3.63, 3.8) is 0 Å². The van der Waals surface area contributed by atoms with Crippen LogP contribution in [0.3, 0.4) is 0 Å². The van der Waals surface area contributed by atoms with Gasteiger partial charge in [-0.25, -0.2) is 0 Å². The summed E-state index contributed by atoms with van der Waals surface area (Å²) in [6, 6.07) is 0. The Morgan fingerprint density at radius 1 is 1.13 bits per heavy atom. The molecule has 260 valence electrons. The number of nitrogens with two attached hydrogens (primary N) is 1. The zero-order chi connectivity index (χ0) is 34.1. The predicted octanol–water partition coefficient (Wildman–Crippen LogP) is -0.0401. The molecule has 4 saturated carbocycles. The molecule has 1 aliphatic heterocycles. The second-order valence-corrected chi connectivity index (χ2v) is 16.7. The summed E-state index contributed by atoms with van der Waals surface area (Å²) in [5.74, 6) is 2.43. The summed E-state index contributed by atoms with van der Waals surface area (Å²) < 4.78 is 7.10. The molecule has 0 radical (unpaired) electrons. The number of fused-ring (bicyclic) bond motifs is 6. The van der Waals surface area contributed by atoms with Gasteiger partial charge in [-0.1, -0.05) is 13.8 Å². The fourth-order valence-electron chi connectivity index (χ4n) is 9.98. The van der Waals surface area contributed by atoms with E-state index in [1.807, 2.05) is 12.7 Å². The number of imidazole rings is 1. The Morgan fingerprint density at radius 2 is 1.87 bits per heavy atom. The SMILES string of the molecule is C[C@]12CC[C@@H](O)C[C@H]1CC[C@@H]1[C@@H]2C(=O)C[C@@]2(C)[C@H]1CC[C@]2(O)C(=O)CO.C[Se]C(O)[C@H]1O[C@@H](n2cnc3c(N)ncnc32)[C@H](O)[C@@H]1O. The van der Waals surface area contributed by atoms with Gasteiger partial charge < -0.3 is 15.3 Å². The number of anilines is 1. The van der Waals surface area contributed by atoms with Crippen molar-refractivity contribution in [1.82, 2.24) is 19.5 Å². The molecule has 7 rings (SSSR count). The van der Waals surface area contributed by atoms with Crippen molar-refractivity contribution in [3.8, 4) is 0 Å². The van der Waals surface area contributed by atoms with Gasteiger partial charge in [0.15, 0.2) is 5.78 Å². The van der Waals surface area contributed by atoms with E-state index in [1.165, 1.54) is 17.2 Å². The third kappa shape index (κ3) is 5.37. The number of aliphatic hydroxyl groups is 6. The summed E-state index contributed by atoms with van der Waals surface area (Å²) in [4.78, 5) is 37.7. The molecule has 15 heteroatoms. The summed E-state index contributed by atoms with van der Waals surface area (Å²) in [5, 5.41) is 59.9. The molecule has 5 aliphatic rings. The van der Waals surface area contributed by atoms with Crippen LogP contribution in [0.5, 0.6) is 0 Å². The summed E-state index contributed by atoms with van der Waals surface area (Å²) in [5.41, 5.74) is 4.10. The molecule has 47 heavy (non-hydrogen) atoms. The van der Waals surface area contributed by atoms with Crippen molar-refractivity contribution in [3.05, 3.63) is 12.7 Å². The molecule has 0 aromatic carbocycles. The first-order chi connectivity index (χ1) is 22.2. The number of nitrogens with zero attached hydrogens (tertiary/aromatic N) is 4. The molecule has 3 heterocycles. The van der Waals surface area contributed by atoms with Gasteiger partial charge >= 0.3 is 125 Å². The Labute approximate surface area is 279 Å². The number of hydrogen-bond donors (Lipinski definition) is 7. The molecule has 13 atom stereocenters. The maximum atomic E-state index is 13.4. The van der Waals surface area contributed by atoms with Crippen molar-refractivity contribution < 1.29 is 45.0 Å². The number of aliphatic hydroxyl groups excluding tert-OH is 5. The summed E-state index contributed by atoms with van der Waals surface area (Å²) >= 11 is -0.135. The minimum atomic E-state index is -1.58. The molecule has 2 aromatic rings. The third-order valence-electron chi connectivity index (χ3n) is 12.5. The van der Waals surface area contributed by atoms with Gasteiger partial charge in [-0.3, -0.25) is 9.59 Å². The van der Waals surface area contributed by atoms with Crippen molar-refractivity contribution >= 4 is 43.5 Å². The topological polar surface area (TPSA) is 234 Å². The van der Waals surface area contributed by atoms with Gasteiger partial charge in [-0.05, 0) is 68.1 Å². The molecule has 2 aromatic heterocycles. The van der Waals surface area contributed by atoms with E-state index in [0.717, 1.165) is 38.5 Å². The van der Waals surface area contributed by atoms with Crippen LogP contribution in [-0.4, -0.2) is 118 Å². The molecule has 0 spiro atoms. The standard InChI is InChI=1S/C21H32O5.C11H15N5O4Se/c1-19-7-5-13(23)9-12(19)3-4-14-15-6-8-21(26,17(25)11-22)20(15,2)10-16(24)18(14)19;1-21-11(19)7-5(17)6(18)10(20-7)16-3-15-4-8(12)13-2-14-9(4)16/h12-15,18,22-23,26H,3-11H2,1-2H3;2-3,5-7,10-11,17-19H,1H3,(H2,12,13,14)/t12-,13-,14+,15+,18-,19+,20+,21+;5-,6+,7-,10+,11?/m10/s1. The van der Waals surface area contributed by atoms with Crippen LogP contribution >= 0.6 is 0 Å². The quantitative estimate of drug-likeness (QED) is 0.201. The van der Waals surface area contributed by atoms with Crippen LogP contribution in [-0.2, 0) is 14.3 Å². The molecule has 1 unspecified atom stereocenters. The van der Waals surface area contributed by atoms with Gasteiger partial charge in [0.2, 0.25) is 0 Å². The Morgan fingerprint density at radius 3 is 2.57 bits per heavy atom. The Kier molecular flexibility index (Phi) is 9.38. The number of carbonyl (C=O) groups is 2. The Balaban J connectivity index is 0.000000168. The number of nitrogen functional groups attached to an aromatic ring is 1. The Bertz CT molecular complexity index is 1510. The fraction of sp³-hybridized carbons (Fsp3) is 0.781. The van der Waals surface area contributed by atoms with E-state index in [9.17, 15) is 40.2 Å². The van der Waals surface area contributed by atoms with E-state index in [4.69, 9.17) is 10.5 Å². The van der Waals surface area contributed by atoms with Crippen LogP contribution in [0, 0.1) is 34.5 Å². The predicted molar refractivity (Wildman–Crippen MR) is 168 cm³/mol. The monoisotopic (exact) mass is 725 g/mol. The number of aromatic nitrogens is 4. The first-order valence-electron chi connectivity index (χ1n) is 16.4. The second kappa shape index (κ2) is 12.7. The molecule has 5 fully saturated rings. The summed E-state index contributed by atoms with van der Waals surface area (Å²) in [6.07, 6.45) is 4.08. The van der Waals surface area contributed by atoms with Crippen LogP contribution in [0.2, 0.25) is 5.82 Å². The summed E-state index contributed by atoms with van der Waals surface area (Å²) in [6.45, 7) is 3.46. The van der Waals surface area contributed by atoms with Crippen LogP contribution in [0.1, 0.15) is 71.4 Å². The molecule has 4 aliphatic carbocycles. The average molecular weight is 725 g/mol. The number of ketones is 2. The average Bonchev–Trinajstić information content (AvgIpc) is 3.69. The number of Topliss-reactive ketones (excluding diaryl/α,β-unsaturated/α-hetero) is 2. The molecular weight excluding hydrogens is 677 g/mol. The van der Waals surface area contributed by atoms with Gasteiger partial charge in [0.05, 0.1) is 6.10 Å². The molecule has 0 bridgehead atoms. The molecular formula is C32H47N5O9Se. The normalized spacial score (nSPS) is 43.4. The summed E-state index contributed by atoms with van der Waals surface area (Å²) in [7, 11) is 0. The zero-order valence-electron chi connectivity index (χ0n) is 27.0. The third-order valence-corrected chi connectivity index (χ3v) is 14.1. The first-order valence-corrected chi connectivity index (χ1v) is 19.1. The van der Waals surface area contributed by atoms with Crippen molar-refractivity contribution in [2.24, 2.45) is 34.5 Å². The van der Waals surface area contributed by atoms with E-state index < -0.39 is 52.9 Å². The van der Waals surface area contributed by atoms with E-state index in [0.29, 0.717) is 23.5 Å². The van der Waals surface area contributed by atoms with Crippen molar-refractivity contribution in [2.75, 3.05) is 12.3 Å². The van der Waals surface area contributed by atoms with Crippen LogP contribution in [0.25, 0.3) is 11.2 Å². The van der Waals surface area contributed by atoms with Crippen molar-refractivity contribution in [2.45, 2.75) is 112 Å². The first kappa shape index (κ1) is 34.8. The van der Waals surface area contributed by atoms with E-state index in [2.05, 4.69) is 21.9 Å². The molecule has 14 nitrogen and oxygen atoms in total. The fourth-order valence-corrected chi connectivity index (χ4v) is 11.0. The number of ether oxygens (including phenoxy) is 1. The Hall–Kier alpha value is -2.07. The second-order valence-electron chi connectivity index (χ2n) is 14.7. The van der Waals surface area contributed by atoms with Gasteiger partial charge in [0, 0.05) is 17.8 Å². The number of rotatable bonds is 5. The van der Waals surface area contributed by atoms with Gasteiger partial charge in [0.1, 0.15) is 18.0 Å². The molecule has 0 amide bonds. The van der Waals surface area contributed by atoms with E-state index >= 15 is 0 Å². The molecule has 1 saturated heterocycles. The van der Waals surface area contributed by atoms with Crippen LogP contribution < -0.4 is 5.73 Å². The maximum absolute atomic E-state index is 13.4. The minimum absolute atomic E-state index is 0.0154. The van der Waals surface area contributed by atoms with Crippen LogP contribution in [0.15, 0.2) is 12.7 Å². The van der Waals surface area contributed by atoms with Gasteiger partial charge in [-0.2, -0.15) is 0 Å². The van der Waals surface area contributed by atoms with E-state index in [1.54, 1.807) is 0 Å². The molecule has 8 N–H and O–H groups in total. The number of carbonyl (C=O) groups excluding carboxylic acids is 2. The number of hydrogen-bond acceptors (Lipinski definition) is 13.